The van der Waals surface area contributed by atoms with Crippen LogP contribution in [0.15, 0.2) is 30.4 Å². The number of hydrogen-bond acceptors (Lipinski definition) is 12. The lowest BCUT2D eigenvalue weighted by Gasteiger charge is -2.39. The monoisotopic (exact) mass is 691 g/mol. The first-order valence-electron chi connectivity index (χ1n) is 15.4. The molecule has 2 heterocycles. The third-order valence-corrected chi connectivity index (χ3v) is 7.91. The topological polar surface area (TPSA) is 270 Å². The molecule has 1 aromatic rings. The van der Waals surface area contributed by atoms with Crippen LogP contribution in [-0.2, 0) is 51.3 Å². The van der Waals surface area contributed by atoms with E-state index in [-0.39, 0.29) is 25.1 Å². The highest BCUT2D eigenvalue weighted by atomic mass is 16.6. The Bertz CT molecular complexity index is 1460. The van der Waals surface area contributed by atoms with Gasteiger partial charge in [-0.1, -0.05) is 19.9 Å². The average molecular weight is 692 g/mol. The number of hydrogen-bond donors (Lipinski definition) is 8. The number of carboxylic acid groups (broad SMARTS) is 1. The van der Waals surface area contributed by atoms with E-state index in [1.54, 1.807) is 19.9 Å². The van der Waals surface area contributed by atoms with Crippen molar-refractivity contribution in [3.05, 3.63) is 41.5 Å². The Morgan fingerprint density at radius 1 is 0.918 bits per heavy atom. The normalized spacial score (nSPS) is 23.1. The predicted molar refractivity (Wildman–Crippen MR) is 167 cm³/mol. The number of aliphatic hydroxyl groups excluding tert-OH is 3. The second-order valence-electron chi connectivity index (χ2n) is 11.9. The van der Waals surface area contributed by atoms with Crippen LogP contribution in [0.5, 0.6) is 0 Å². The number of aryl methyl sites for hydroxylation is 1. The number of benzene rings is 1. The van der Waals surface area contributed by atoms with Crippen LogP contribution in [0.2, 0.25) is 0 Å². The van der Waals surface area contributed by atoms with Gasteiger partial charge in [0, 0.05) is 24.9 Å². The lowest BCUT2D eigenvalue weighted by atomic mass is 9.91. The van der Waals surface area contributed by atoms with Crippen LogP contribution >= 0.6 is 0 Å². The van der Waals surface area contributed by atoms with Crippen molar-refractivity contribution in [2.75, 3.05) is 18.9 Å². The molecule has 1 aromatic carbocycles. The Labute approximate surface area is 280 Å². The van der Waals surface area contributed by atoms with Crippen molar-refractivity contribution < 1.29 is 63.5 Å². The number of carbonyl (C=O) groups is 7. The van der Waals surface area contributed by atoms with Gasteiger partial charge < -0.3 is 51.2 Å². The van der Waals surface area contributed by atoms with Crippen LogP contribution < -0.4 is 21.3 Å². The van der Waals surface area contributed by atoms with Gasteiger partial charge in [0.25, 0.3) is 11.8 Å². The number of aliphatic hydroxyl groups is 3. The highest BCUT2D eigenvalue weighted by Crippen LogP contribution is 2.27. The molecule has 0 bridgehead atoms. The standard InChI is InChI=1S/C31H41N5O13/c1-14(2)23(35-20(37)12-36-21(38)9-10-22(36)39)29(44)33-15(3)28(43)34-18-7-5-17(13-48-31(47)32-4)16(11-18)6-8-19-24(40)25(41)26(42)27(49-19)30(45)46/h5,7,9-11,14-15,19,23-27,40-42H,6,8,12-13H2,1-4H3,(H,32,47)(H,33,44)(H,34,43)(H,35,37)(H,45,46)/t15-,19-,23-,24-,25+,26-,27-/m0/s1. The van der Waals surface area contributed by atoms with E-state index < -0.39 is 96.7 Å². The number of anilines is 1. The largest absolute Gasteiger partial charge is 0.479 e. The van der Waals surface area contributed by atoms with Crippen LogP contribution in [0.25, 0.3) is 0 Å². The minimum absolute atomic E-state index is 0.0372. The maximum absolute atomic E-state index is 13.1. The number of amides is 6. The summed E-state index contributed by atoms with van der Waals surface area (Å²) >= 11 is 0. The van der Waals surface area contributed by atoms with Gasteiger partial charge in [-0.15, -0.1) is 0 Å². The molecule has 2 aliphatic rings. The summed E-state index contributed by atoms with van der Waals surface area (Å²) in [7, 11) is 1.37. The van der Waals surface area contributed by atoms with Gasteiger partial charge in [0.05, 0.1) is 6.10 Å². The van der Waals surface area contributed by atoms with E-state index in [2.05, 4.69) is 21.3 Å². The summed E-state index contributed by atoms with van der Waals surface area (Å²) in [4.78, 5) is 86.1. The number of carbonyl (C=O) groups excluding carboxylic acids is 6. The van der Waals surface area contributed by atoms with Gasteiger partial charge in [0.1, 0.15) is 43.5 Å². The first-order valence-corrected chi connectivity index (χ1v) is 15.4. The molecule has 1 saturated heterocycles. The van der Waals surface area contributed by atoms with E-state index in [9.17, 15) is 54.0 Å². The predicted octanol–water partition coefficient (Wildman–Crippen LogP) is -2.08. The van der Waals surface area contributed by atoms with E-state index in [0.29, 0.717) is 11.1 Å². The molecule has 268 valence electrons. The maximum Gasteiger partial charge on any atom is 0.407 e. The van der Waals surface area contributed by atoms with Crippen molar-refractivity contribution in [3.8, 4) is 0 Å². The van der Waals surface area contributed by atoms with Crippen molar-refractivity contribution in [1.29, 1.82) is 0 Å². The summed E-state index contributed by atoms with van der Waals surface area (Å²) in [5, 5.41) is 49.9. The summed E-state index contributed by atoms with van der Waals surface area (Å²) in [6, 6.07) is 2.40. The van der Waals surface area contributed by atoms with E-state index in [1.165, 1.54) is 26.1 Å². The lowest BCUT2D eigenvalue weighted by Crippen LogP contribution is -2.59. The summed E-state index contributed by atoms with van der Waals surface area (Å²) < 4.78 is 10.5. The number of rotatable bonds is 14. The van der Waals surface area contributed by atoms with Gasteiger partial charge in [0.2, 0.25) is 17.7 Å². The molecule has 8 N–H and O–H groups in total. The van der Waals surface area contributed by atoms with Gasteiger partial charge in [-0.3, -0.25) is 28.9 Å². The first-order chi connectivity index (χ1) is 23.0. The Kier molecular flexibility index (Phi) is 13.3. The molecule has 18 heteroatoms. The number of nitrogens with one attached hydrogen (secondary N) is 4. The molecule has 0 aromatic heterocycles. The molecule has 18 nitrogen and oxygen atoms in total. The molecule has 0 saturated carbocycles. The van der Waals surface area contributed by atoms with E-state index in [0.717, 1.165) is 17.1 Å². The molecule has 1 fully saturated rings. The second kappa shape index (κ2) is 17.0. The van der Waals surface area contributed by atoms with Gasteiger partial charge in [0.15, 0.2) is 6.10 Å². The zero-order chi connectivity index (χ0) is 36.6. The minimum atomic E-state index is -1.85. The highest BCUT2D eigenvalue weighted by Gasteiger charge is 2.46. The molecule has 0 spiro atoms. The maximum atomic E-state index is 13.1. The van der Waals surface area contributed by atoms with Crippen LogP contribution in [0.1, 0.15) is 38.3 Å². The van der Waals surface area contributed by atoms with E-state index in [1.807, 2.05) is 0 Å². The molecule has 0 unspecified atom stereocenters. The summed E-state index contributed by atoms with van der Waals surface area (Å²) in [5.74, 6) is -5.36. The molecular formula is C31H41N5O13. The number of alkyl carbamates (subject to hydrolysis) is 1. The Morgan fingerprint density at radius 2 is 1.57 bits per heavy atom. The number of aliphatic carboxylic acids is 1. The molecule has 7 atom stereocenters. The summed E-state index contributed by atoms with van der Waals surface area (Å²) in [5.41, 5.74) is 1.25. The fraction of sp³-hybridized carbons (Fsp3) is 0.516. The lowest BCUT2D eigenvalue weighted by molar-refractivity contribution is -0.228. The zero-order valence-corrected chi connectivity index (χ0v) is 27.2. The average Bonchev–Trinajstić information content (AvgIpc) is 3.36. The third-order valence-electron chi connectivity index (χ3n) is 7.91. The first kappa shape index (κ1) is 38.5. The number of nitrogens with zero attached hydrogens (tertiary/aromatic N) is 1. The van der Waals surface area contributed by atoms with Gasteiger partial charge in [-0.2, -0.15) is 0 Å². The van der Waals surface area contributed by atoms with Crippen molar-refractivity contribution in [1.82, 2.24) is 20.9 Å². The fourth-order valence-electron chi connectivity index (χ4n) is 5.09. The van der Waals surface area contributed by atoms with Gasteiger partial charge in [-0.05, 0) is 48.9 Å². The third kappa shape index (κ3) is 10.0. The number of ether oxygens (including phenoxy) is 2. The van der Waals surface area contributed by atoms with Crippen molar-refractivity contribution in [2.45, 2.75) is 82.8 Å². The van der Waals surface area contributed by atoms with Gasteiger partial charge in [-0.25, -0.2) is 9.59 Å². The van der Waals surface area contributed by atoms with E-state index >= 15 is 0 Å². The van der Waals surface area contributed by atoms with Crippen LogP contribution in [-0.4, -0.2) is 123 Å². The van der Waals surface area contributed by atoms with E-state index in [4.69, 9.17) is 9.47 Å². The number of carboxylic acids is 1. The SMILES string of the molecule is CNC(=O)OCc1ccc(NC(=O)[C@H](C)NC(=O)[C@@H](NC(=O)CN2C(=O)C=CC2=O)C(C)C)cc1CC[C@@H]1O[C@H](C(=O)O)[C@@H](O)[C@H](O)[C@H]1O. The van der Waals surface area contributed by atoms with Crippen LogP contribution in [0.4, 0.5) is 10.5 Å². The second-order valence-corrected chi connectivity index (χ2v) is 11.9. The molecule has 2 aliphatic heterocycles. The van der Waals surface area contributed by atoms with Crippen LogP contribution in [0, 0.1) is 5.92 Å². The van der Waals surface area contributed by atoms with Crippen molar-refractivity contribution in [2.24, 2.45) is 5.92 Å². The van der Waals surface area contributed by atoms with Gasteiger partial charge >= 0.3 is 12.1 Å². The highest BCUT2D eigenvalue weighted by molar-refractivity contribution is 6.14. The molecule has 6 amide bonds. The Balaban J connectivity index is 1.69. The molecular weight excluding hydrogens is 650 g/mol. The smallest absolute Gasteiger partial charge is 0.407 e. The molecule has 0 radical (unpaired) electrons. The quantitative estimate of drug-likeness (QED) is 0.0975. The van der Waals surface area contributed by atoms with Crippen molar-refractivity contribution >= 4 is 47.3 Å². The molecule has 0 aliphatic carbocycles. The fourth-order valence-corrected chi connectivity index (χ4v) is 5.09. The number of imide groups is 1. The minimum Gasteiger partial charge on any atom is -0.479 e. The molecule has 3 rings (SSSR count). The van der Waals surface area contributed by atoms with Crippen LogP contribution in [0.3, 0.4) is 0 Å². The Morgan fingerprint density at radius 3 is 2.16 bits per heavy atom. The summed E-state index contributed by atoms with van der Waals surface area (Å²) in [6.07, 6.45) is -6.82. The molecule has 49 heavy (non-hydrogen) atoms. The Hall–Kier alpha value is -4.91. The van der Waals surface area contributed by atoms with Crippen molar-refractivity contribution in [3.63, 3.8) is 0 Å². The summed E-state index contributed by atoms with van der Waals surface area (Å²) in [6.45, 7) is 3.94. The zero-order valence-electron chi connectivity index (χ0n) is 27.2.